The van der Waals surface area contributed by atoms with Crippen LogP contribution in [0, 0.1) is 12.8 Å². The molecule has 3 nitrogen and oxygen atoms in total. The zero-order valence-electron chi connectivity index (χ0n) is 16.6. The van der Waals surface area contributed by atoms with E-state index >= 15 is 0 Å². The molecule has 0 spiro atoms. The molecule has 1 unspecified atom stereocenters. The van der Waals surface area contributed by atoms with Crippen molar-refractivity contribution in [3.63, 3.8) is 0 Å². The molecule has 0 bridgehead atoms. The van der Waals surface area contributed by atoms with Crippen molar-refractivity contribution in [2.75, 3.05) is 0 Å². The van der Waals surface area contributed by atoms with E-state index in [0.29, 0.717) is 0 Å². The first kappa shape index (κ1) is 19.7. The minimum atomic E-state index is -0.274. The number of esters is 1. The van der Waals surface area contributed by atoms with Gasteiger partial charge in [-0.2, -0.15) is 0 Å². The first-order valence-corrected chi connectivity index (χ1v) is 9.58. The van der Waals surface area contributed by atoms with E-state index < -0.39 is 0 Å². The molecule has 0 N–H and O–H groups in total. The highest BCUT2D eigenvalue weighted by Crippen LogP contribution is 2.27. The monoisotopic (exact) mass is 374 g/mol. The maximum Gasteiger partial charge on any atom is 0.314 e. The standard InChI is InChI=1S/C25H26O3/c1-18(2)24(21-14-12-19(3)13-15-21)25(26)27-17-20-8-7-11-23(16-20)28-22-9-5-4-6-10-22/h4-16,18,24H,17H2,1-3H3. The van der Waals surface area contributed by atoms with Gasteiger partial charge < -0.3 is 9.47 Å². The van der Waals surface area contributed by atoms with Crippen LogP contribution in [0.15, 0.2) is 78.9 Å². The molecular weight excluding hydrogens is 348 g/mol. The summed E-state index contributed by atoms with van der Waals surface area (Å²) in [6.45, 7) is 6.34. The van der Waals surface area contributed by atoms with Gasteiger partial charge in [0.25, 0.3) is 0 Å². The van der Waals surface area contributed by atoms with Crippen LogP contribution in [-0.4, -0.2) is 5.97 Å². The Morgan fingerprint density at radius 3 is 2.21 bits per heavy atom. The molecule has 0 aromatic heterocycles. The van der Waals surface area contributed by atoms with E-state index in [1.165, 1.54) is 5.56 Å². The largest absolute Gasteiger partial charge is 0.460 e. The van der Waals surface area contributed by atoms with Crippen molar-refractivity contribution in [3.05, 3.63) is 95.6 Å². The Morgan fingerprint density at radius 1 is 0.857 bits per heavy atom. The predicted octanol–water partition coefficient (Wildman–Crippen LogP) is 6.27. The van der Waals surface area contributed by atoms with Gasteiger partial charge in [-0.3, -0.25) is 4.79 Å². The Hall–Kier alpha value is -3.07. The van der Waals surface area contributed by atoms with Crippen molar-refractivity contribution >= 4 is 5.97 Å². The summed E-state index contributed by atoms with van der Waals surface area (Å²) in [4.78, 5) is 12.8. The molecule has 3 aromatic rings. The third-order valence-electron chi connectivity index (χ3n) is 4.62. The van der Waals surface area contributed by atoms with Crippen LogP contribution in [0.25, 0.3) is 0 Å². The van der Waals surface area contributed by atoms with Gasteiger partial charge in [-0.05, 0) is 48.2 Å². The Bertz CT molecular complexity index is 899. The highest BCUT2D eigenvalue weighted by molar-refractivity contribution is 5.78. The van der Waals surface area contributed by atoms with Crippen molar-refractivity contribution in [1.82, 2.24) is 0 Å². The second kappa shape index (κ2) is 9.23. The summed E-state index contributed by atoms with van der Waals surface area (Å²) in [7, 11) is 0. The average molecular weight is 374 g/mol. The van der Waals surface area contributed by atoms with E-state index in [-0.39, 0.29) is 24.4 Å². The summed E-state index contributed by atoms with van der Waals surface area (Å²) < 4.78 is 11.5. The summed E-state index contributed by atoms with van der Waals surface area (Å²) in [5.74, 6) is 1.18. The minimum Gasteiger partial charge on any atom is -0.460 e. The average Bonchev–Trinajstić information content (AvgIpc) is 2.69. The van der Waals surface area contributed by atoms with E-state index in [1.54, 1.807) is 0 Å². The molecular formula is C25H26O3. The van der Waals surface area contributed by atoms with E-state index in [9.17, 15) is 4.79 Å². The number of rotatable bonds is 7. The lowest BCUT2D eigenvalue weighted by molar-refractivity contribution is -0.148. The van der Waals surface area contributed by atoms with Crippen LogP contribution in [0.4, 0.5) is 0 Å². The third kappa shape index (κ3) is 5.23. The molecule has 0 aliphatic carbocycles. The number of aryl methyl sites for hydroxylation is 1. The van der Waals surface area contributed by atoms with E-state index in [1.807, 2.05) is 99.6 Å². The molecule has 0 saturated heterocycles. The lowest BCUT2D eigenvalue weighted by Crippen LogP contribution is -2.20. The summed E-state index contributed by atoms with van der Waals surface area (Å²) in [5, 5.41) is 0. The molecule has 0 radical (unpaired) electrons. The second-order valence-corrected chi connectivity index (χ2v) is 7.30. The summed E-state index contributed by atoms with van der Waals surface area (Å²) in [6.07, 6.45) is 0. The first-order valence-electron chi connectivity index (χ1n) is 9.58. The number of benzene rings is 3. The number of para-hydroxylation sites is 1. The maximum absolute atomic E-state index is 12.8. The summed E-state index contributed by atoms with van der Waals surface area (Å²) >= 11 is 0. The molecule has 0 saturated carbocycles. The normalized spacial score (nSPS) is 11.9. The number of hydrogen-bond donors (Lipinski definition) is 0. The van der Waals surface area contributed by atoms with Gasteiger partial charge in [0.2, 0.25) is 0 Å². The van der Waals surface area contributed by atoms with Gasteiger partial charge >= 0.3 is 5.97 Å². The van der Waals surface area contributed by atoms with Crippen molar-refractivity contribution in [3.8, 4) is 11.5 Å². The molecule has 0 amide bonds. The summed E-state index contributed by atoms with van der Waals surface area (Å²) in [6, 6.07) is 25.3. The van der Waals surface area contributed by atoms with Gasteiger partial charge in [-0.25, -0.2) is 0 Å². The van der Waals surface area contributed by atoms with Crippen molar-refractivity contribution in [2.45, 2.75) is 33.3 Å². The van der Waals surface area contributed by atoms with E-state index in [0.717, 1.165) is 22.6 Å². The zero-order valence-corrected chi connectivity index (χ0v) is 16.6. The quantitative estimate of drug-likeness (QED) is 0.457. The van der Waals surface area contributed by atoms with Gasteiger partial charge in [0.15, 0.2) is 0 Å². The van der Waals surface area contributed by atoms with Gasteiger partial charge in [-0.15, -0.1) is 0 Å². The van der Waals surface area contributed by atoms with Crippen molar-refractivity contribution in [1.29, 1.82) is 0 Å². The molecule has 3 rings (SSSR count). The minimum absolute atomic E-state index is 0.156. The number of carbonyl (C=O) groups is 1. The van der Waals surface area contributed by atoms with Crippen molar-refractivity contribution in [2.24, 2.45) is 5.92 Å². The highest BCUT2D eigenvalue weighted by Gasteiger charge is 2.25. The van der Waals surface area contributed by atoms with Crippen LogP contribution >= 0.6 is 0 Å². The van der Waals surface area contributed by atoms with Gasteiger partial charge in [0, 0.05) is 0 Å². The van der Waals surface area contributed by atoms with E-state index in [2.05, 4.69) is 0 Å². The van der Waals surface area contributed by atoms with Gasteiger partial charge in [0.1, 0.15) is 18.1 Å². The molecule has 28 heavy (non-hydrogen) atoms. The molecule has 3 heteroatoms. The summed E-state index contributed by atoms with van der Waals surface area (Å²) in [5.41, 5.74) is 3.06. The molecule has 0 fully saturated rings. The number of hydrogen-bond acceptors (Lipinski definition) is 3. The fourth-order valence-corrected chi connectivity index (χ4v) is 3.13. The highest BCUT2D eigenvalue weighted by atomic mass is 16.5. The zero-order chi connectivity index (χ0) is 19.9. The van der Waals surface area contributed by atoms with E-state index in [4.69, 9.17) is 9.47 Å². The number of ether oxygens (including phenoxy) is 2. The Balaban J connectivity index is 1.66. The van der Waals surface area contributed by atoms with Crippen LogP contribution in [-0.2, 0) is 16.1 Å². The maximum atomic E-state index is 12.8. The second-order valence-electron chi connectivity index (χ2n) is 7.30. The van der Waals surface area contributed by atoms with Gasteiger partial charge in [0.05, 0.1) is 5.92 Å². The predicted molar refractivity (Wildman–Crippen MR) is 112 cm³/mol. The number of carbonyl (C=O) groups excluding carboxylic acids is 1. The van der Waals surface area contributed by atoms with Crippen LogP contribution in [0.5, 0.6) is 11.5 Å². The SMILES string of the molecule is Cc1ccc(C(C(=O)OCc2cccc(Oc3ccccc3)c2)C(C)C)cc1. The van der Waals surface area contributed by atoms with Crippen molar-refractivity contribution < 1.29 is 14.3 Å². The van der Waals surface area contributed by atoms with Gasteiger partial charge in [-0.1, -0.05) is 74.0 Å². The molecule has 1 atom stereocenters. The van der Waals surface area contributed by atoms with Crippen LogP contribution in [0.2, 0.25) is 0 Å². The molecule has 144 valence electrons. The molecule has 0 heterocycles. The Morgan fingerprint density at radius 2 is 1.54 bits per heavy atom. The van der Waals surface area contributed by atoms with Crippen LogP contribution in [0.3, 0.4) is 0 Å². The fourth-order valence-electron chi connectivity index (χ4n) is 3.13. The van der Waals surface area contributed by atoms with Crippen LogP contribution < -0.4 is 4.74 Å². The topological polar surface area (TPSA) is 35.5 Å². The third-order valence-corrected chi connectivity index (χ3v) is 4.62. The first-order chi connectivity index (χ1) is 13.5. The van der Waals surface area contributed by atoms with Crippen LogP contribution in [0.1, 0.15) is 36.5 Å². The smallest absolute Gasteiger partial charge is 0.314 e. The Kier molecular flexibility index (Phi) is 6.49. The molecule has 0 aliphatic heterocycles. The lowest BCUT2D eigenvalue weighted by atomic mass is 9.88. The molecule has 3 aromatic carbocycles. The Labute approximate surface area is 166 Å². The lowest BCUT2D eigenvalue weighted by Gasteiger charge is -2.20. The fraction of sp³-hybridized carbons (Fsp3) is 0.240. The molecule has 0 aliphatic rings.